The molecule has 1 aromatic carbocycles. The molecule has 0 unspecified atom stereocenters. The van der Waals surface area contributed by atoms with Crippen LogP contribution in [-0.4, -0.2) is 41.9 Å². The number of benzene rings is 1. The highest BCUT2D eigenvalue weighted by Crippen LogP contribution is 2.26. The standard InChI is InChI=1S/C20H21N5O3S/c26-17-10-8-16(9-11-17)25-20(21-22-23-25)29-14-19(27)24(13-18-7-4-12-28-18)15-5-2-1-3-6-15/h4-5,7-12,26H,1-3,6,13-14H2. The zero-order valence-corrected chi connectivity index (χ0v) is 16.6. The van der Waals surface area contributed by atoms with Crippen molar-refractivity contribution in [3.8, 4) is 11.4 Å². The molecular formula is C20H21N5O3S. The summed E-state index contributed by atoms with van der Waals surface area (Å²) in [5.41, 5.74) is 1.77. The number of amides is 1. The number of aromatic nitrogens is 4. The topological polar surface area (TPSA) is 97.3 Å². The summed E-state index contributed by atoms with van der Waals surface area (Å²) in [4.78, 5) is 14.9. The van der Waals surface area contributed by atoms with Gasteiger partial charge in [-0.1, -0.05) is 17.8 Å². The average Bonchev–Trinajstić information content (AvgIpc) is 3.43. The molecule has 0 spiro atoms. The van der Waals surface area contributed by atoms with E-state index in [2.05, 4.69) is 21.6 Å². The Bertz CT molecular complexity index is 982. The second-order valence-electron chi connectivity index (χ2n) is 6.68. The SMILES string of the molecule is O=C(CSc1nnnn1-c1ccc(O)cc1)N(Cc1ccco1)C1=CCCCC1. The third-order valence-corrected chi connectivity index (χ3v) is 5.57. The Morgan fingerprint density at radius 1 is 1.24 bits per heavy atom. The molecule has 29 heavy (non-hydrogen) atoms. The van der Waals surface area contributed by atoms with Crippen molar-refractivity contribution in [3.63, 3.8) is 0 Å². The molecule has 0 radical (unpaired) electrons. The van der Waals surface area contributed by atoms with E-state index < -0.39 is 0 Å². The Morgan fingerprint density at radius 3 is 2.83 bits per heavy atom. The van der Waals surface area contributed by atoms with Crippen molar-refractivity contribution in [3.05, 3.63) is 60.2 Å². The molecule has 4 rings (SSSR count). The highest BCUT2D eigenvalue weighted by atomic mass is 32.2. The van der Waals surface area contributed by atoms with Crippen molar-refractivity contribution in [1.29, 1.82) is 0 Å². The number of phenolic OH excluding ortho intramolecular Hbond substituents is 1. The van der Waals surface area contributed by atoms with Gasteiger partial charge in [0.1, 0.15) is 11.5 Å². The van der Waals surface area contributed by atoms with Gasteiger partial charge >= 0.3 is 0 Å². The van der Waals surface area contributed by atoms with Gasteiger partial charge in [0, 0.05) is 5.70 Å². The lowest BCUT2D eigenvalue weighted by atomic mass is 10.0. The first-order chi connectivity index (χ1) is 14.2. The van der Waals surface area contributed by atoms with Gasteiger partial charge in [0.25, 0.3) is 0 Å². The summed E-state index contributed by atoms with van der Waals surface area (Å²) in [6.07, 6.45) is 7.89. The molecule has 1 aliphatic rings. The number of rotatable bonds is 7. The fourth-order valence-corrected chi connectivity index (χ4v) is 3.97. The number of hydrogen-bond donors (Lipinski definition) is 1. The van der Waals surface area contributed by atoms with Crippen LogP contribution in [0.15, 0.2) is 64.0 Å². The molecule has 9 heteroatoms. The van der Waals surface area contributed by atoms with Crippen LogP contribution in [0.3, 0.4) is 0 Å². The first kappa shape index (κ1) is 19.3. The average molecular weight is 411 g/mol. The third kappa shape index (κ3) is 4.68. The van der Waals surface area contributed by atoms with Crippen molar-refractivity contribution in [1.82, 2.24) is 25.1 Å². The van der Waals surface area contributed by atoms with Gasteiger partial charge in [-0.25, -0.2) is 0 Å². The molecule has 0 atom stereocenters. The summed E-state index contributed by atoms with van der Waals surface area (Å²) in [6, 6.07) is 10.3. The maximum atomic E-state index is 13.1. The number of aromatic hydroxyl groups is 1. The van der Waals surface area contributed by atoms with Gasteiger partial charge in [0.2, 0.25) is 11.1 Å². The van der Waals surface area contributed by atoms with Crippen LogP contribution in [0.2, 0.25) is 0 Å². The van der Waals surface area contributed by atoms with Crippen LogP contribution in [0.4, 0.5) is 0 Å². The molecule has 8 nitrogen and oxygen atoms in total. The molecule has 3 aromatic rings. The van der Waals surface area contributed by atoms with E-state index >= 15 is 0 Å². The number of carbonyl (C=O) groups excluding carboxylic acids is 1. The summed E-state index contributed by atoms with van der Waals surface area (Å²) in [7, 11) is 0. The van der Waals surface area contributed by atoms with Crippen LogP contribution >= 0.6 is 11.8 Å². The largest absolute Gasteiger partial charge is 0.508 e. The summed E-state index contributed by atoms with van der Waals surface area (Å²) < 4.78 is 7.01. The van der Waals surface area contributed by atoms with Crippen LogP contribution in [0.5, 0.6) is 5.75 Å². The first-order valence-electron chi connectivity index (χ1n) is 9.43. The van der Waals surface area contributed by atoms with Gasteiger partial charge in [-0.3, -0.25) is 4.79 Å². The minimum Gasteiger partial charge on any atom is -0.508 e. The molecule has 0 fully saturated rings. The fraction of sp³-hybridized carbons (Fsp3) is 0.300. The van der Waals surface area contributed by atoms with Gasteiger partial charge in [-0.05, 0) is 72.5 Å². The predicted octanol–water partition coefficient (Wildman–Crippen LogP) is 3.54. The highest BCUT2D eigenvalue weighted by Gasteiger charge is 2.22. The van der Waals surface area contributed by atoms with E-state index in [-0.39, 0.29) is 17.4 Å². The van der Waals surface area contributed by atoms with Crippen molar-refractivity contribution in [2.24, 2.45) is 0 Å². The maximum Gasteiger partial charge on any atom is 0.237 e. The normalized spacial score (nSPS) is 13.9. The summed E-state index contributed by atoms with van der Waals surface area (Å²) in [5, 5.41) is 21.7. The monoisotopic (exact) mass is 411 g/mol. The molecule has 1 amide bonds. The molecular weight excluding hydrogens is 390 g/mol. The van der Waals surface area contributed by atoms with Gasteiger partial charge < -0.3 is 14.4 Å². The van der Waals surface area contributed by atoms with Crippen LogP contribution in [-0.2, 0) is 11.3 Å². The van der Waals surface area contributed by atoms with Gasteiger partial charge in [-0.2, -0.15) is 4.68 Å². The van der Waals surface area contributed by atoms with Crippen LogP contribution in [0.1, 0.15) is 31.4 Å². The lowest BCUT2D eigenvalue weighted by molar-refractivity contribution is -0.127. The molecule has 1 aliphatic carbocycles. The first-order valence-corrected chi connectivity index (χ1v) is 10.4. The maximum absolute atomic E-state index is 13.1. The quantitative estimate of drug-likeness (QED) is 0.594. The Balaban J connectivity index is 1.48. The number of thioether (sulfide) groups is 1. The van der Waals surface area contributed by atoms with Crippen molar-refractivity contribution in [2.75, 3.05) is 5.75 Å². The number of phenols is 1. The molecule has 0 saturated carbocycles. The van der Waals surface area contributed by atoms with Gasteiger partial charge in [0.15, 0.2) is 0 Å². The van der Waals surface area contributed by atoms with Crippen molar-refractivity contribution in [2.45, 2.75) is 37.4 Å². The van der Waals surface area contributed by atoms with E-state index in [1.165, 1.54) is 11.8 Å². The molecule has 1 N–H and O–H groups in total. The molecule has 0 saturated heterocycles. The number of nitrogens with zero attached hydrogens (tertiary/aromatic N) is 5. The lowest BCUT2D eigenvalue weighted by Gasteiger charge is -2.27. The molecule has 0 aliphatic heterocycles. The molecule has 2 heterocycles. The van der Waals surface area contributed by atoms with Crippen LogP contribution in [0.25, 0.3) is 5.69 Å². The van der Waals surface area contributed by atoms with E-state index in [0.717, 1.165) is 37.1 Å². The minimum atomic E-state index is -0.0141. The molecule has 150 valence electrons. The zero-order chi connectivity index (χ0) is 20.1. The molecule has 2 aromatic heterocycles. The Hall–Kier alpha value is -3.07. The second kappa shape index (κ2) is 8.95. The van der Waals surface area contributed by atoms with Gasteiger partial charge in [0.05, 0.1) is 24.2 Å². The number of furan rings is 1. The van der Waals surface area contributed by atoms with E-state index in [1.807, 2.05) is 12.1 Å². The zero-order valence-electron chi connectivity index (χ0n) is 15.8. The summed E-state index contributed by atoms with van der Waals surface area (Å²) >= 11 is 1.28. The summed E-state index contributed by atoms with van der Waals surface area (Å²) in [5.74, 6) is 1.11. The number of carbonyl (C=O) groups is 1. The van der Waals surface area contributed by atoms with Crippen LogP contribution in [0, 0.1) is 0 Å². The Kier molecular flexibility index (Phi) is 5.95. The number of allylic oxidation sites excluding steroid dienone is 2. The van der Waals surface area contributed by atoms with Gasteiger partial charge in [-0.15, -0.1) is 5.10 Å². The summed E-state index contributed by atoms with van der Waals surface area (Å²) in [6.45, 7) is 0.418. The second-order valence-corrected chi connectivity index (χ2v) is 7.62. The Morgan fingerprint density at radius 2 is 2.10 bits per heavy atom. The minimum absolute atomic E-state index is 0.0141. The third-order valence-electron chi connectivity index (χ3n) is 4.67. The lowest BCUT2D eigenvalue weighted by Crippen LogP contribution is -2.32. The van der Waals surface area contributed by atoms with E-state index in [1.54, 1.807) is 40.1 Å². The van der Waals surface area contributed by atoms with Crippen molar-refractivity contribution >= 4 is 17.7 Å². The number of hydrogen-bond acceptors (Lipinski definition) is 7. The van der Waals surface area contributed by atoms with E-state index in [9.17, 15) is 9.90 Å². The smallest absolute Gasteiger partial charge is 0.237 e. The molecule has 0 bridgehead atoms. The Labute approximate surface area is 172 Å². The van der Waals surface area contributed by atoms with Crippen molar-refractivity contribution < 1.29 is 14.3 Å². The van der Waals surface area contributed by atoms with E-state index in [4.69, 9.17) is 4.42 Å². The number of tetrazole rings is 1. The predicted molar refractivity (Wildman–Crippen MR) is 107 cm³/mol. The van der Waals surface area contributed by atoms with Crippen LogP contribution < -0.4 is 0 Å². The fourth-order valence-electron chi connectivity index (χ4n) is 3.20. The highest BCUT2D eigenvalue weighted by molar-refractivity contribution is 7.99. The van der Waals surface area contributed by atoms with E-state index in [0.29, 0.717) is 17.4 Å².